The summed E-state index contributed by atoms with van der Waals surface area (Å²) < 4.78 is 38.6. The number of nitrogens with one attached hydrogen (secondary N) is 1. The van der Waals surface area contributed by atoms with E-state index in [1.54, 1.807) is 6.92 Å². The fraction of sp³-hybridized carbons (Fsp3) is 0.333. The Morgan fingerprint density at radius 1 is 1.56 bits per heavy atom. The maximum absolute atomic E-state index is 12.7. The van der Waals surface area contributed by atoms with E-state index in [1.807, 2.05) is 0 Å². The maximum Gasteiger partial charge on any atom is 0.242 e. The third-order valence-electron chi connectivity index (χ3n) is 1.89. The Morgan fingerprint density at radius 2 is 2.19 bits per heavy atom. The van der Waals surface area contributed by atoms with Gasteiger partial charge in [-0.25, -0.2) is 17.5 Å². The molecule has 0 aliphatic heterocycles. The van der Waals surface area contributed by atoms with Crippen LogP contribution in [0.15, 0.2) is 23.1 Å². The highest BCUT2D eigenvalue weighted by molar-refractivity contribution is 7.89. The van der Waals surface area contributed by atoms with Crippen molar-refractivity contribution in [3.05, 3.63) is 29.0 Å². The number of halogens is 2. The average molecular weight is 267 g/mol. The summed E-state index contributed by atoms with van der Waals surface area (Å²) in [5, 5.41) is -0.156. The quantitative estimate of drug-likeness (QED) is 0.857. The molecule has 4 nitrogen and oxygen atoms in total. The molecular formula is C9H12ClFN2O2S. The molecule has 90 valence electrons. The highest BCUT2D eigenvalue weighted by Crippen LogP contribution is 2.22. The van der Waals surface area contributed by atoms with E-state index in [1.165, 1.54) is 0 Å². The minimum absolute atomic E-state index is 0.156. The topological polar surface area (TPSA) is 72.2 Å². The van der Waals surface area contributed by atoms with Gasteiger partial charge in [-0.15, -0.1) is 0 Å². The van der Waals surface area contributed by atoms with Crippen LogP contribution < -0.4 is 10.5 Å². The molecule has 0 radical (unpaired) electrons. The lowest BCUT2D eigenvalue weighted by atomic mass is 10.3. The molecule has 16 heavy (non-hydrogen) atoms. The van der Waals surface area contributed by atoms with Crippen molar-refractivity contribution in [3.63, 3.8) is 0 Å². The van der Waals surface area contributed by atoms with Crippen LogP contribution in [0.5, 0.6) is 0 Å². The van der Waals surface area contributed by atoms with Crippen molar-refractivity contribution in [1.29, 1.82) is 0 Å². The number of nitrogens with two attached hydrogens (primary N) is 1. The van der Waals surface area contributed by atoms with Crippen molar-refractivity contribution in [1.82, 2.24) is 4.72 Å². The SMILES string of the molecule is C[C@@H](CN)NS(=O)(=O)c1ccc(F)cc1Cl. The second-order valence-electron chi connectivity index (χ2n) is 3.33. The molecule has 3 N–H and O–H groups in total. The van der Waals surface area contributed by atoms with Crippen molar-refractivity contribution in [2.75, 3.05) is 6.54 Å². The third kappa shape index (κ3) is 3.15. The zero-order valence-corrected chi connectivity index (χ0v) is 10.1. The predicted octanol–water partition coefficient (Wildman–Crippen LogP) is 1.10. The van der Waals surface area contributed by atoms with Crippen molar-refractivity contribution >= 4 is 21.6 Å². The van der Waals surface area contributed by atoms with E-state index in [9.17, 15) is 12.8 Å². The molecule has 1 aromatic carbocycles. The van der Waals surface area contributed by atoms with Gasteiger partial charge in [0.2, 0.25) is 10.0 Å². The molecule has 1 aromatic rings. The molecule has 0 saturated carbocycles. The molecule has 1 atom stereocenters. The summed E-state index contributed by atoms with van der Waals surface area (Å²) in [6, 6.07) is 2.69. The molecule has 0 amide bonds. The zero-order valence-electron chi connectivity index (χ0n) is 8.57. The van der Waals surface area contributed by atoms with Crippen LogP contribution in [0, 0.1) is 5.82 Å². The lowest BCUT2D eigenvalue weighted by molar-refractivity contribution is 0.562. The second-order valence-corrected chi connectivity index (χ2v) is 5.42. The van der Waals surface area contributed by atoms with Crippen molar-refractivity contribution in [2.45, 2.75) is 17.9 Å². The van der Waals surface area contributed by atoms with E-state index >= 15 is 0 Å². The number of benzene rings is 1. The molecular weight excluding hydrogens is 255 g/mol. The van der Waals surface area contributed by atoms with Crippen LogP contribution in [0.2, 0.25) is 5.02 Å². The molecule has 0 saturated heterocycles. The normalized spacial score (nSPS) is 13.8. The van der Waals surface area contributed by atoms with Crippen LogP contribution in [-0.4, -0.2) is 21.0 Å². The second kappa shape index (κ2) is 5.09. The van der Waals surface area contributed by atoms with Crippen LogP contribution in [0.1, 0.15) is 6.92 Å². The lowest BCUT2D eigenvalue weighted by Crippen LogP contribution is -2.37. The minimum Gasteiger partial charge on any atom is -0.329 e. The van der Waals surface area contributed by atoms with Crippen molar-refractivity contribution in [2.24, 2.45) is 5.73 Å². The Labute approximate surface area is 98.6 Å². The van der Waals surface area contributed by atoms with Gasteiger partial charge in [0.25, 0.3) is 0 Å². The van der Waals surface area contributed by atoms with Crippen LogP contribution >= 0.6 is 11.6 Å². The molecule has 0 spiro atoms. The Morgan fingerprint density at radius 3 is 2.69 bits per heavy atom. The fourth-order valence-corrected chi connectivity index (χ4v) is 2.86. The minimum atomic E-state index is -3.75. The largest absolute Gasteiger partial charge is 0.329 e. The Bertz CT molecular complexity index is 478. The van der Waals surface area contributed by atoms with E-state index in [-0.39, 0.29) is 16.5 Å². The highest BCUT2D eigenvalue weighted by atomic mass is 35.5. The van der Waals surface area contributed by atoms with Gasteiger partial charge >= 0.3 is 0 Å². The summed E-state index contributed by atoms with van der Waals surface area (Å²) in [6.07, 6.45) is 0. The summed E-state index contributed by atoms with van der Waals surface area (Å²) >= 11 is 5.65. The molecule has 7 heteroatoms. The van der Waals surface area contributed by atoms with Gasteiger partial charge < -0.3 is 5.73 Å². The average Bonchev–Trinajstić information content (AvgIpc) is 2.16. The number of sulfonamides is 1. The predicted molar refractivity (Wildman–Crippen MR) is 60.2 cm³/mol. The van der Waals surface area contributed by atoms with E-state index < -0.39 is 21.9 Å². The standard InChI is InChI=1S/C9H12ClFN2O2S/c1-6(5-12)13-16(14,15)9-3-2-7(11)4-8(9)10/h2-4,6,13H,5,12H2,1H3/t6-/m0/s1. The van der Waals surface area contributed by atoms with Crippen LogP contribution in [0.3, 0.4) is 0 Å². The van der Waals surface area contributed by atoms with Gasteiger partial charge in [0.05, 0.1) is 5.02 Å². The molecule has 0 aliphatic carbocycles. The molecule has 0 unspecified atom stereocenters. The summed E-state index contributed by atoms with van der Waals surface area (Å²) in [5.74, 6) is -0.587. The summed E-state index contributed by atoms with van der Waals surface area (Å²) in [7, 11) is -3.75. The lowest BCUT2D eigenvalue weighted by Gasteiger charge is -2.12. The molecule has 1 rings (SSSR count). The first-order valence-electron chi connectivity index (χ1n) is 4.54. The van der Waals surface area contributed by atoms with Gasteiger partial charge in [0.15, 0.2) is 0 Å². The molecule has 0 heterocycles. The smallest absolute Gasteiger partial charge is 0.242 e. The number of hydrogen-bond donors (Lipinski definition) is 2. The van der Waals surface area contributed by atoms with E-state index in [0.717, 1.165) is 18.2 Å². The van der Waals surface area contributed by atoms with E-state index in [4.69, 9.17) is 17.3 Å². The monoisotopic (exact) mass is 266 g/mol. The third-order valence-corrected chi connectivity index (χ3v) is 3.97. The molecule has 0 fully saturated rings. The Balaban J connectivity index is 3.08. The summed E-state index contributed by atoms with van der Waals surface area (Å²) in [6.45, 7) is 1.78. The van der Waals surface area contributed by atoms with E-state index in [0.29, 0.717) is 0 Å². The Hall–Kier alpha value is -0.690. The van der Waals surface area contributed by atoms with Gasteiger partial charge in [0, 0.05) is 12.6 Å². The van der Waals surface area contributed by atoms with Gasteiger partial charge in [0.1, 0.15) is 10.7 Å². The highest BCUT2D eigenvalue weighted by Gasteiger charge is 2.19. The zero-order chi connectivity index (χ0) is 12.3. The number of rotatable bonds is 4. The molecule has 0 aliphatic rings. The number of hydrogen-bond acceptors (Lipinski definition) is 3. The van der Waals surface area contributed by atoms with Crippen molar-refractivity contribution < 1.29 is 12.8 Å². The summed E-state index contributed by atoms with van der Waals surface area (Å²) in [5.41, 5.74) is 5.30. The summed E-state index contributed by atoms with van der Waals surface area (Å²) in [4.78, 5) is -0.157. The molecule has 0 aromatic heterocycles. The Kier molecular flexibility index (Phi) is 4.26. The molecule has 0 bridgehead atoms. The van der Waals surface area contributed by atoms with Gasteiger partial charge in [-0.3, -0.25) is 0 Å². The van der Waals surface area contributed by atoms with E-state index in [2.05, 4.69) is 4.72 Å². The first-order valence-corrected chi connectivity index (χ1v) is 6.40. The van der Waals surface area contributed by atoms with Crippen LogP contribution in [0.4, 0.5) is 4.39 Å². The van der Waals surface area contributed by atoms with Crippen molar-refractivity contribution in [3.8, 4) is 0 Å². The first-order chi connectivity index (χ1) is 7.36. The van der Waals surface area contributed by atoms with Gasteiger partial charge in [-0.2, -0.15) is 0 Å². The van der Waals surface area contributed by atoms with Gasteiger partial charge in [-0.1, -0.05) is 11.6 Å². The van der Waals surface area contributed by atoms with Gasteiger partial charge in [-0.05, 0) is 25.1 Å². The fourth-order valence-electron chi connectivity index (χ4n) is 1.07. The maximum atomic E-state index is 12.7. The van der Waals surface area contributed by atoms with Crippen LogP contribution in [0.25, 0.3) is 0 Å². The van der Waals surface area contributed by atoms with Crippen LogP contribution in [-0.2, 0) is 10.0 Å². The first kappa shape index (κ1) is 13.4.